The number of nitrogens with one attached hydrogen (secondary N) is 4. The molecular formula is C32H44N8O5. The molecule has 0 aliphatic carbocycles. The highest BCUT2D eigenvalue weighted by molar-refractivity contribution is 5.94. The van der Waals surface area contributed by atoms with Gasteiger partial charge in [0, 0.05) is 30.1 Å². The van der Waals surface area contributed by atoms with Crippen molar-refractivity contribution in [1.29, 1.82) is 0 Å². The summed E-state index contributed by atoms with van der Waals surface area (Å²) < 4.78 is 0. The highest BCUT2D eigenvalue weighted by Gasteiger charge is 2.31. The number of aromatic amines is 1. The first kappa shape index (κ1) is 34.6. The van der Waals surface area contributed by atoms with E-state index in [0.29, 0.717) is 6.42 Å². The second kappa shape index (κ2) is 16.8. The van der Waals surface area contributed by atoms with Crippen LogP contribution in [0.15, 0.2) is 65.8 Å². The second-order valence-corrected chi connectivity index (χ2v) is 11.5. The van der Waals surface area contributed by atoms with E-state index in [1.165, 1.54) is 0 Å². The summed E-state index contributed by atoms with van der Waals surface area (Å²) in [4.78, 5) is 59.3. The van der Waals surface area contributed by atoms with Gasteiger partial charge in [-0.05, 0) is 48.8 Å². The smallest absolute Gasteiger partial charge is 0.326 e. The summed E-state index contributed by atoms with van der Waals surface area (Å²) in [5.41, 5.74) is 19.7. The van der Waals surface area contributed by atoms with Gasteiger partial charge < -0.3 is 43.2 Å². The van der Waals surface area contributed by atoms with Crippen LogP contribution < -0.4 is 33.2 Å². The van der Waals surface area contributed by atoms with Crippen LogP contribution in [0.5, 0.6) is 0 Å². The van der Waals surface area contributed by atoms with E-state index in [-0.39, 0.29) is 44.1 Å². The van der Waals surface area contributed by atoms with Gasteiger partial charge in [0.15, 0.2) is 5.96 Å². The lowest BCUT2D eigenvalue weighted by Gasteiger charge is -2.26. The van der Waals surface area contributed by atoms with E-state index in [1.54, 1.807) is 30.5 Å². The molecule has 45 heavy (non-hydrogen) atoms. The van der Waals surface area contributed by atoms with Gasteiger partial charge >= 0.3 is 5.97 Å². The maximum absolute atomic E-state index is 13.7. The lowest BCUT2D eigenvalue weighted by molar-refractivity contribution is -0.142. The van der Waals surface area contributed by atoms with Crippen molar-refractivity contribution in [3.8, 4) is 0 Å². The van der Waals surface area contributed by atoms with Crippen LogP contribution in [0, 0.1) is 5.92 Å². The van der Waals surface area contributed by atoms with Gasteiger partial charge in [0.25, 0.3) is 0 Å². The number of carbonyl (C=O) groups excluding carboxylic acids is 3. The number of H-pyrrole nitrogens is 1. The highest BCUT2D eigenvalue weighted by atomic mass is 16.4. The summed E-state index contributed by atoms with van der Waals surface area (Å²) in [7, 11) is 0. The molecule has 242 valence electrons. The van der Waals surface area contributed by atoms with Crippen LogP contribution in [-0.2, 0) is 32.0 Å². The van der Waals surface area contributed by atoms with E-state index < -0.39 is 47.9 Å². The minimum Gasteiger partial charge on any atom is -0.480 e. The molecule has 11 N–H and O–H groups in total. The fraction of sp³-hybridized carbons (Fsp3) is 0.406. The molecule has 0 radical (unpaired) electrons. The minimum atomic E-state index is -1.17. The lowest BCUT2D eigenvalue weighted by atomic mass is 10.0. The number of rotatable bonds is 17. The van der Waals surface area contributed by atoms with Crippen molar-refractivity contribution in [3.05, 3.63) is 71.9 Å². The van der Waals surface area contributed by atoms with Crippen LogP contribution in [0.1, 0.15) is 44.2 Å². The number of amides is 3. The number of hydrogen-bond acceptors (Lipinski definition) is 6. The van der Waals surface area contributed by atoms with Crippen LogP contribution in [0.3, 0.4) is 0 Å². The molecule has 0 aliphatic heterocycles. The van der Waals surface area contributed by atoms with Crippen molar-refractivity contribution in [3.63, 3.8) is 0 Å². The first-order chi connectivity index (χ1) is 21.4. The van der Waals surface area contributed by atoms with Crippen molar-refractivity contribution in [2.45, 2.75) is 70.1 Å². The van der Waals surface area contributed by atoms with Gasteiger partial charge in [-0.2, -0.15) is 0 Å². The van der Waals surface area contributed by atoms with Crippen LogP contribution in [-0.4, -0.2) is 70.5 Å². The monoisotopic (exact) mass is 620 g/mol. The largest absolute Gasteiger partial charge is 0.480 e. The fourth-order valence-electron chi connectivity index (χ4n) is 4.98. The number of carboxylic acids is 1. The predicted molar refractivity (Wildman–Crippen MR) is 173 cm³/mol. The number of carbonyl (C=O) groups is 4. The molecule has 0 bridgehead atoms. The number of carboxylic acid groups (broad SMARTS) is 1. The first-order valence-electron chi connectivity index (χ1n) is 15.0. The van der Waals surface area contributed by atoms with Gasteiger partial charge in [-0.15, -0.1) is 0 Å². The Balaban J connectivity index is 1.78. The Kier molecular flexibility index (Phi) is 12.9. The van der Waals surface area contributed by atoms with Crippen molar-refractivity contribution < 1.29 is 24.3 Å². The van der Waals surface area contributed by atoms with E-state index in [4.69, 9.17) is 17.2 Å². The third-order valence-electron chi connectivity index (χ3n) is 7.27. The van der Waals surface area contributed by atoms with E-state index in [2.05, 4.69) is 25.9 Å². The number of benzene rings is 2. The molecule has 4 atom stereocenters. The molecule has 0 aliphatic rings. The van der Waals surface area contributed by atoms with Crippen molar-refractivity contribution in [2.24, 2.45) is 28.1 Å². The zero-order valence-corrected chi connectivity index (χ0v) is 25.7. The van der Waals surface area contributed by atoms with Gasteiger partial charge in [0.2, 0.25) is 17.7 Å². The Morgan fingerprint density at radius 1 is 0.844 bits per heavy atom. The summed E-state index contributed by atoms with van der Waals surface area (Å²) in [5, 5.41) is 18.7. The molecule has 3 rings (SSSR count). The number of aliphatic imine (C=N–C) groups is 1. The Bertz CT molecular complexity index is 1470. The van der Waals surface area contributed by atoms with Gasteiger partial charge in [-0.25, -0.2) is 4.79 Å². The molecule has 1 heterocycles. The first-order valence-corrected chi connectivity index (χ1v) is 15.0. The number of guanidine groups is 1. The minimum absolute atomic E-state index is 0.00633. The molecule has 4 unspecified atom stereocenters. The molecule has 0 saturated carbocycles. The Labute approximate surface area is 262 Å². The van der Waals surface area contributed by atoms with Gasteiger partial charge in [0.1, 0.15) is 18.1 Å². The predicted octanol–water partition coefficient (Wildman–Crippen LogP) is 0.919. The van der Waals surface area contributed by atoms with Crippen molar-refractivity contribution in [1.82, 2.24) is 20.9 Å². The Morgan fingerprint density at radius 3 is 2.13 bits per heavy atom. The summed E-state index contributed by atoms with van der Waals surface area (Å²) >= 11 is 0. The van der Waals surface area contributed by atoms with E-state index >= 15 is 0 Å². The normalized spacial score (nSPS) is 13.8. The van der Waals surface area contributed by atoms with Crippen LogP contribution >= 0.6 is 0 Å². The topological polar surface area (TPSA) is 231 Å². The molecule has 13 heteroatoms. The number of hydrogen-bond donors (Lipinski definition) is 8. The van der Waals surface area contributed by atoms with E-state index in [1.807, 2.05) is 44.2 Å². The van der Waals surface area contributed by atoms with Crippen molar-refractivity contribution in [2.75, 3.05) is 6.54 Å². The maximum Gasteiger partial charge on any atom is 0.326 e. The summed E-state index contributed by atoms with van der Waals surface area (Å²) in [5.74, 6) is -3.09. The third-order valence-corrected chi connectivity index (χ3v) is 7.27. The molecule has 3 aromatic rings. The standard InChI is InChI=1S/C32H44N8O5/c1-19(2)15-27(31(44)45)40-30(43)26(16-20-9-4-3-5-10-20)39-29(42)25(13-8-14-36-32(34)35)38-28(41)23(33)17-21-18-37-24-12-7-6-11-22(21)24/h3-7,9-12,18-19,23,25-27,37H,8,13-17,33H2,1-2H3,(H,38,41)(H,39,42)(H,40,43)(H,44,45)(H4,34,35,36). The number of fused-ring (bicyclic) bond motifs is 1. The number of nitrogens with zero attached hydrogens (tertiary/aromatic N) is 1. The molecule has 0 spiro atoms. The SMILES string of the molecule is CC(C)CC(NC(=O)C(Cc1ccccc1)NC(=O)C(CCCN=C(N)N)NC(=O)C(N)Cc1c[nH]c2ccccc12)C(=O)O. The van der Waals surface area contributed by atoms with Crippen LogP contribution in [0.25, 0.3) is 10.9 Å². The summed E-state index contributed by atoms with van der Waals surface area (Å²) in [6.07, 6.45) is 2.83. The lowest BCUT2D eigenvalue weighted by Crippen LogP contribution is -2.57. The van der Waals surface area contributed by atoms with E-state index in [9.17, 15) is 24.3 Å². The molecular weight excluding hydrogens is 576 g/mol. The second-order valence-electron chi connectivity index (χ2n) is 11.5. The number of aliphatic carboxylic acids is 1. The zero-order chi connectivity index (χ0) is 32.9. The van der Waals surface area contributed by atoms with Gasteiger partial charge in [-0.3, -0.25) is 19.4 Å². The molecule has 3 amide bonds. The van der Waals surface area contributed by atoms with Gasteiger partial charge in [0.05, 0.1) is 6.04 Å². The molecule has 1 aromatic heterocycles. The quantitative estimate of drug-likeness (QED) is 0.0613. The van der Waals surface area contributed by atoms with Crippen LogP contribution in [0.4, 0.5) is 0 Å². The average molecular weight is 621 g/mol. The molecule has 2 aromatic carbocycles. The highest BCUT2D eigenvalue weighted by Crippen LogP contribution is 2.19. The van der Waals surface area contributed by atoms with E-state index in [0.717, 1.165) is 22.0 Å². The zero-order valence-electron chi connectivity index (χ0n) is 25.7. The van der Waals surface area contributed by atoms with Crippen LogP contribution in [0.2, 0.25) is 0 Å². The summed E-state index contributed by atoms with van der Waals surface area (Å²) in [6.45, 7) is 3.92. The van der Waals surface area contributed by atoms with Gasteiger partial charge in [-0.1, -0.05) is 62.4 Å². The Hall–Kier alpha value is -4.91. The molecule has 13 nitrogen and oxygen atoms in total. The number of aromatic nitrogens is 1. The molecule has 0 fully saturated rings. The Morgan fingerprint density at radius 2 is 1.47 bits per heavy atom. The summed E-state index contributed by atoms with van der Waals surface area (Å²) in [6, 6.07) is 12.4. The van der Waals surface area contributed by atoms with Crippen molar-refractivity contribution >= 4 is 40.6 Å². The number of nitrogens with two attached hydrogens (primary N) is 3. The average Bonchev–Trinajstić information content (AvgIpc) is 3.40. The maximum atomic E-state index is 13.7. The molecule has 0 saturated heterocycles. The fourth-order valence-corrected chi connectivity index (χ4v) is 4.98. The third kappa shape index (κ3) is 10.9. The number of para-hydroxylation sites is 1.